The van der Waals surface area contributed by atoms with Crippen LogP contribution >= 0.6 is 50.7 Å². The van der Waals surface area contributed by atoms with Gasteiger partial charge in [0.15, 0.2) is 0 Å². The number of H-pyrrole nitrogens is 3. The number of alkyl carbamates (subject to hydrolysis) is 2. The maximum atomic E-state index is 12.5. The topological polar surface area (TPSA) is 325 Å². The van der Waals surface area contributed by atoms with Gasteiger partial charge in [-0.15, -0.1) is 0 Å². The first-order chi connectivity index (χ1) is 52.3. The van der Waals surface area contributed by atoms with E-state index in [1.807, 2.05) is 117 Å². The summed E-state index contributed by atoms with van der Waals surface area (Å²) in [6, 6.07) is 27.1. The molecule has 13 rings (SSSR count). The lowest BCUT2D eigenvalue weighted by Gasteiger charge is -2.32. The summed E-state index contributed by atoms with van der Waals surface area (Å²) in [6.07, 6.45) is 4.04. The Morgan fingerprint density at radius 1 is 0.523 bits per heavy atom. The first kappa shape index (κ1) is 82.2. The number of nitrogens with one attached hydrogen (secondary N) is 5. The van der Waals surface area contributed by atoms with E-state index in [1.54, 1.807) is 118 Å². The number of nitrogens with two attached hydrogens (primary N) is 1. The second kappa shape index (κ2) is 33.1. The van der Waals surface area contributed by atoms with Crippen LogP contribution in [-0.2, 0) is 59.6 Å². The lowest BCUT2D eigenvalue weighted by atomic mass is 9.78. The molecule has 32 heteroatoms. The molecule has 0 spiro atoms. The van der Waals surface area contributed by atoms with Crippen molar-refractivity contribution in [2.45, 2.75) is 132 Å². The van der Waals surface area contributed by atoms with Crippen LogP contribution in [0.3, 0.4) is 0 Å². The number of nitrogens with zero attached hydrogens (tertiary/aromatic N) is 12. The molecule has 1 aliphatic rings. The van der Waals surface area contributed by atoms with Crippen molar-refractivity contribution < 1.29 is 28.4 Å². The highest BCUT2D eigenvalue weighted by atomic mass is 79.9. The maximum absolute atomic E-state index is 12.5. The van der Waals surface area contributed by atoms with Crippen LogP contribution < -0.4 is 38.5 Å². The lowest BCUT2D eigenvalue weighted by molar-refractivity contribution is 0.00578. The average molecular weight is 1620 g/mol. The third-order valence-corrected chi connectivity index (χ3v) is 20.3. The van der Waals surface area contributed by atoms with E-state index in [0.29, 0.717) is 92.7 Å². The largest absolute Gasteiger partial charge is 0.494 e. The molecule has 2 amide bonds. The summed E-state index contributed by atoms with van der Waals surface area (Å²) in [7, 11) is 4.92. The molecular formula is C79H79BBrCl3N18O9. The van der Waals surface area contributed by atoms with Gasteiger partial charge in [0, 0.05) is 86.7 Å². The van der Waals surface area contributed by atoms with Gasteiger partial charge in [-0.3, -0.25) is 28.4 Å². The second-order valence-electron chi connectivity index (χ2n) is 28.9. The number of ether oxygens (including phenoxy) is 2. The highest BCUT2D eigenvalue weighted by Crippen LogP contribution is 2.45. The van der Waals surface area contributed by atoms with Crippen LogP contribution in [0, 0.1) is 40.5 Å². The first-order valence-electron chi connectivity index (χ1n) is 34.6. The number of carbonyl (C=O) groups is 2. The minimum absolute atomic E-state index is 0.0593. The first-order valence-corrected chi connectivity index (χ1v) is 36.5. The normalized spacial score (nSPS) is 12.9. The Bertz CT molecular complexity index is 5950. The summed E-state index contributed by atoms with van der Waals surface area (Å²) in [5.41, 5.74) is 16.8. The minimum Gasteiger partial charge on any atom is -0.444 e. The number of aromatic amines is 3. The zero-order valence-corrected chi connectivity index (χ0v) is 67.6. The summed E-state index contributed by atoms with van der Waals surface area (Å²) in [6.45, 7) is 47.1. The van der Waals surface area contributed by atoms with E-state index >= 15 is 0 Å². The SMILES string of the molecule is CC(C)(C)OC(=O)NCc1n[nH]c(=O)c2ccc(B3OC(C)(C)C(C)(C)O3)cc12.[C-]#[N+]c1c(-c2c(-c3ccc4c(=O)[nH]nc(CN)c4c3)cnn2C)ccc(Cl)c1C.[C-]#[N+]c1c(-c2c(-c3ccc4c(=O)[nH]nc(CNC(=O)OC(C)(C)C)c4c3)cnn2C)ccc(Cl)c1C.[C-]#[N+]c1c(-c2c(Br)cnn2C)ccc(Cl)c1C. The molecule has 0 aliphatic carbocycles. The maximum Gasteiger partial charge on any atom is 0.494 e. The van der Waals surface area contributed by atoms with Gasteiger partial charge >= 0.3 is 19.3 Å². The summed E-state index contributed by atoms with van der Waals surface area (Å²) in [4.78, 5) is 71.9. The van der Waals surface area contributed by atoms with E-state index < -0.39 is 41.7 Å². The number of rotatable bonds is 11. The van der Waals surface area contributed by atoms with Crippen molar-refractivity contribution in [3.05, 3.63) is 228 Å². The van der Waals surface area contributed by atoms with E-state index in [-0.39, 0.29) is 36.3 Å². The molecule has 1 saturated heterocycles. The van der Waals surface area contributed by atoms with E-state index in [4.69, 9.17) is 79.0 Å². The van der Waals surface area contributed by atoms with Crippen LogP contribution in [-0.4, -0.2) is 102 Å². The predicted octanol–water partition coefficient (Wildman–Crippen LogP) is 16.1. The Hall–Kier alpha value is -11.3. The Morgan fingerprint density at radius 2 is 0.865 bits per heavy atom. The molecule has 0 radical (unpaired) electrons. The molecule has 12 aromatic rings. The molecule has 27 nitrogen and oxygen atoms in total. The highest BCUT2D eigenvalue weighted by Gasteiger charge is 2.52. The Balaban J connectivity index is 0.000000161. The molecule has 6 aromatic carbocycles. The average Bonchev–Trinajstić information content (AvgIpc) is 1.68. The molecule has 0 unspecified atom stereocenters. The van der Waals surface area contributed by atoms with Gasteiger partial charge in [-0.2, -0.15) is 30.6 Å². The molecule has 570 valence electrons. The lowest BCUT2D eigenvalue weighted by Crippen LogP contribution is -2.41. The molecule has 7 N–H and O–H groups in total. The molecule has 1 fully saturated rings. The van der Waals surface area contributed by atoms with Crippen LogP contribution in [0.25, 0.3) is 103 Å². The number of halogens is 4. The number of aryl methyl sites for hydroxylation is 3. The Kier molecular flexibility index (Phi) is 24.5. The van der Waals surface area contributed by atoms with Gasteiger partial charge in [0.2, 0.25) is 17.1 Å². The monoisotopic (exact) mass is 1620 g/mol. The van der Waals surface area contributed by atoms with E-state index in [9.17, 15) is 24.0 Å². The van der Waals surface area contributed by atoms with Gasteiger partial charge in [-0.25, -0.2) is 39.4 Å². The van der Waals surface area contributed by atoms with Gasteiger partial charge in [-0.1, -0.05) is 77.3 Å². The van der Waals surface area contributed by atoms with E-state index in [1.165, 1.54) is 0 Å². The number of hydrogen-bond donors (Lipinski definition) is 6. The molecule has 0 saturated carbocycles. The van der Waals surface area contributed by atoms with Crippen LogP contribution in [0.1, 0.15) is 103 Å². The van der Waals surface area contributed by atoms with Crippen molar-refractivity contribution in [1.29, 1.82) is 0 Å². The number of fused-ring (bicyclic) bond motifs is 3. The molecule has 0 atom stereocenters. The summed E-state index contributed by atoms with van der Waals surface area (Å²) in [5, 5.41) is 43.1. The molecule has 6 aromatic heterocycles. The number of hydrogen-bond acceptors (Lipinski definition) is 16. The minimum atomic E-state index is -0.640. The fraction of sp³-hybridized carbons (Fsp3) is 0.291. The Morgan fingerprint density at radius 3 is 1.23 bits per heavy atom. The summed E-state index contributed by atoms with van der Waals surface area (Å²) < 4.78 is 28.8. The van der Waals surface area contributed by atoms with Gasteiger partial charge in [0.1, 0.15) is 11.2 Å². The number of aromatic nitrogens is 12. The predicted molar refractivity (Wildman–Crippen MR) is 436 cm³/mol. The summed E-state index contributed by atoms with van der Waals surface area (Å²) in [5.74, 6) is 0. The van der Waals surface area contributed by atoms with Crippen molar-refractivity contribution in [2.24, 2.45) is 26.9 Å². The van der Waals surface area contributed by atoms with Crippen molar-refractivity contribution >= 4 is 125 Å². The van der Waals surface area contributed by atoms with E-state index in [0.717, 1.165) is 71.5 Å². The second-order valence-corrected chi connectivity index (χ2v) is 31.0. The number of benzene rings is 6. The standard InChI is InChI=1S/C26H25ClN6O3.C21H17ClN6O.C20H28BN3O5.C12H9BrClN3/c1-14-20(27)10-9-17(22(14)28-5)23-19(12-30-33(23)6)15-7-8-16-18(11-15)21(31-32-24(16)34)13-29-25(35)36-26(2,3)4;1-11-17(22)7-6-14(19(11)24-2)20-16(10-25-28(20)3)12-4-5-13-15(8-12)18(9-23)26-27-21(13)29;1-18(2,3)27-17(26)22-11-15-14-10-12(8-9-13(14)16(25)24-23-15)21-28-19(4,5)20(6,7)29-21;1-7-10(14)5-4-8(11(7)15-2)12-9(13)6-16-17(12)3/h7-12H,13H2,1-4,6H3,(H,29,35)(H,32,34);4-8,10H,9,23H2,1,3H3,(H,27,29);8-10H,11H2,1-7H3,(H,22,26)(H,24,25);4-6H,1,3H3. The van der Waals surface area contributed by atoms with Crippen molar-refractivity contribution in [3.63, 3.8) is 0 Å². The van der Waals surface area contributed by atoms with Crippen molar-refractivity contribution in [2.75, 3.05) is 0 Å². The number of amides is 2. The smallest absolute Gasteiger partial charge is 0.444 e. The molecule has 0 bridgehead atoms. The zero-order chi connectivity index (χ0) is 81.1. The van der Waals surface area contributed by atoms with Crippen LogP contribution in [0.15, 0.2) is 128 Å². The molecular weight excluding hydrogens is 1540 g/mol. The molecule has 111 heavy (non-hydrogen) atoms. The fourth-order valence-corrected chi connectivity index (χ4v) is 13.2. The Labute approximate surface area is 662 Å². The van der Waals surface area contributed by atoms with Crippen molar-refractivity contribution in [1.82, 2.24) is 70.6 Å². The van der Waals surface area contributed by atoms with Gasteiger partial charge < -0.3 is 35.1 Å². The van der Waals surface area contributed by atoms with Crippen LogP contribution in [0.5, 0.6) is 0 Å². The zero-order valence-electron chi connectivity index (χ0n) is 63.7. The third kappa shape index (κ3) is 17.8. The van der Waals surface area contributed by atoms with Gasteiger partial charge in [0.05, 0.1) is 117 Å². The van der Waals surface area contributed by atoms with Gasteiger partial charge in [-0.05, 0) is 188 Å². The van der Waals surface area contributed by atoms with Crippen LogP contribution in [0.4, 0.5) is 26.7 Å². The van der Waals surface area contributed by atoms with E-state index in [2.05, 4.69) is 87.0 Å². The third-order valence-electron chi connectivity index (χ3n) is 18.5. The number of carbonyl (C=O) groups excluding carboxylic acids is 2. The summed E-state index contributed by atoms with van der Waals surface area (Å²) >= 11 is 22.0. The molecule has 7 heterocycles. The quantitative estimate of drug-likeness (QED) is 0.0518. The van der Waals surface area contributed by atoms with Crippen LogP contribution in [0.2, 0.25) is 15.1 Å². The van der Waals surface area contributed by atoms with Crippen molar-refractivity contribution in [3.8, 4) is 56.0 Å². The fourth-order valence-electron chi connectivity index (χ4n) is 12.2. The highest BCUT2D eigenvalue weighted by molar-refractivity contribution is 9.10. The molecule has 1 aliphatic heterocycles. The van der Waals surface area contributed by atoms with Gasteiger partial charge in [0.25, 0.3) is 16.7 Å².